The van der Waals surface area contributed by atoms with Crippen LogP contribution in [0.4, 0.5) is 0 Å². The van der Waals surface area contributed by atoms with E-state index in [-0.39, 0.29) is 0 Å². The summed E-state index contributed by atoms with van der Waals surface area (Å²) in [6.45, 7) is 0. The standard InChI is InChI=1S/C27H24P/c1-5-13-22(14-6-1)26-21-27(26)28(23-15-7-2-8-16-23,24-17-9-3-10-18-24)25-19-11-4-12-20-25/h1-20,26-27H,21H2/q+1. The van der Waals surface area contributed by atoms with Gasteiger partial charge in [-0.15, -0.1) is 0 Å². The van der Waals surface area contributed by atoms with Crippen LogP contribution in [0, 0.1) is 0 Å². The molecule has 2 unspecified atom stereocenters. The van der Waals surface area contributed by atoms with Crippen molar-refractivity contribution >= 4 is 23.2 Å². The topological polar surface area (TPSA) is 0 Å². The van der Waals surface area contributed by atoms with Crippen LogP contribution in [0.2, 0.25) is 0 Å². The molecule has 0 bridgehead atoms. The Labute approximate surface area is 168 Å². The molecular weight excluding hydrogens is 355 g/mol. The van der Waals surface area contributed by atoms with Crippen LogP contribution in [-0.2, 0) is 0 Å². The third kappa shape index (κ3) is 2.89. The van der Waals surface area contributed by atoms with Crippen molar-refractivity contribution in [3.8, 4) is 0 Å². The van der Waals surface area contributed by atoms with Crippen LogP contribution in [0.15, 0.2) is 121 Å². The maximum Gasteiger partial charge on any atom is 0.115 e. The first-order valence-electron chi connectivity index (χ1n) is 10.0. The van der Waals surface area contributed by atoms with Crippen LogP contribution in [0.3, 0.4) is 0 Å². The molecular formula is C27H24P+. The minimum atomic E-state index is -1.74. The van der Waals surface area contributed by atoms with Gasteiger partial charge in [-0.25, -0.2) is 0 Å². The summed E-state index contributed by atoms with van der Waals surface area (Å²) < 4.78 is 0. The molecule has 28 heavy (non-hydrogen) atoms. The fraction of sp³-hybridized carbons (Fsp3) is 0.111. The fourth-order valence-electron chi connectivity index (χ4n) is 4.68. The van der Waals surface area contributed by atoms with Crippen molar-refractivity contribution in [3.05, 3.63) is 127 Å². The van der Waals surface area contributed by atoms with Crippen LogP contribution in [-0.4, -0.2) is 5.66 Å². The zero-order valence-corrected chi connectivity index (χ0v) is 16.8. The first kappa shape index (κ1) is 17.4. The van der Waals surface area contributed by atoms with E-state index in [1.54, 1.807) is 0 Å². The molecule has 136 valence electrons. The smallest absolute Gasteiger partial charge is 0.0622 e. The summed E-state index contributed by atoms with van der Waals surface area (Å²) in [6, 6.07) is 44.9. The average Bonchev–Trinajstić information content (AvgIpc) is 3.58. The largest absolute Gasteiger partial charge is 0.115 e. The lowest BCUT2D eigenvalue weighted by atomic mass is 10.1. The molecule has 0 saturated heterocycles. The zero-order valence-electron chi connectivity index (χ0n) is 15.9. The molecule has 1 heteroatoms. The monoisotopic (exact) mass is 379 g/mol. The predicted octanol–water partition coefficient (Wildman–Crippen LogP) is 5.54. The Balaban J connectivity index is 1.74. The second kappa shape index (κ2) is 7.38. The van der Waals surface area contributed by atoms with E-state index in [9.17, 15) is 0 Å². The van der Waals surface area contributed by atoms with E-state index >= 15 is 0 Å². The summed E-state index contributed by atoms with van der Waals surface area (Å²) in [7, 11) is -1.74. The van der Waals surface area contributed by atoms with Gasteiger partial charge < -0.3 is 0 Å². The van der Waals surface area contributed by atoms with Crippen molar-refractivity contribution in [2.45, 2.75) is 18.0 Å². The number of hydrogen-bond donors (Lipinski definition) is 0. The highest BCUT2D eigenvalue weighted by atomic mass is 31.2. The Bertz CT molecular complexity index is 930. The summed E-state index contributed by atoms with van der Waals surface area (Å²) in [4.78, 5) is 0. The molecule has 2 atom stereocenters. The molecule has 1 aliphatic carbocycles. The van der Waals surface area contributed by atoms with Crippen molar-refractivity contribution in [2.75, 3.05) is 0 Å². The molecule has 0 heterocycles. The predicted molar refractivity (Wildman–Crippen MR) is 123 cm³/mol. The minimum absolute atomic E-state index is 0.634. The first-order valence-corrected chi connectivity index (χ1v) is 11.9. The molecule has 5 rings (SSSR count). The van der Waals surface area contributed by atoms with Crippen molar-refractivity contribution in [1.82, 2.24) is 0 Å². The Morgan fingerprint density at radius 3 is 1.21 bits per heavy atom. The molecule has 0 spiro atoms. The lowest BCUT2D eigenvalue weighted by molar-refractivity contribution is 1.13. The molecule has 0 aliphatic heterocycles. The van der Waals surface area contributed by atoms with Gasteiger partial charge in [0.05, 0.1) is 5.66 Å². The van der Waals surface area contributed by atoms with E-state index in [2.05, 4.69) is 121 Å². The molecule has 0 nitrogen and oxygen atoms in total. The molecule has 1 fully saturated rings. The van der Waals surface area contributed by atoms with Gasteiger partial charge >= 0.3 is 0 Å². The highest BCUT2D eigenvalue weighted by Crippen LogP contribution is 2.72. The highest BCUT2D eigenvalue weighted by molar-refractivity contribution is 7.96. The van der Waals surface area contributed by atoms with Gasteiger partial charge in [-0.05, 0) is 48.4 Å². The average molecular weight is 379 g/mol. The van der Waals surface area contributed by atoms with Gasteiger partial charge in [-0.3, -0.25) is 0 Å². The third-order valence-corrected chi connectivity index (χ3v) is 10.9. The molecule has 1 aliphatic rings. The van der Waals surface area contributed by atoms with E-state index < -0.39 is 7.26 Å². The van der Waals surface area contributed by atoms with Gasteiger partial charge in [0, 0.05) is 5.92 Å². The van der Waals surface area contributed by atoms with Crippen LogP contribution in [0.25, 0.3) is 0 Å². The van der Waals surface area contributed by atoms with Gasteiger partial charge in [-0.2, -0.15) is 0 Å². The second-order valence-electron chi connectivity index (χ2n) is 7.55. The lowest BCUT2D eigenvalue weighted by Gasteiger charge is -2.28. The quantitative estimate of drug-likeness (QED) is 0.400. The van der Waals surface area contributed by atoms with Gasteiger partial charge in [0.15, 0.2) is 0 Å². The first-order chi connectivity index (χ1) is 13.9. The van der Waals surface area contributed by atoms with E-state index in [4.69, 9.17) is 0 Å². The number of rotatable bonds is 5. The Morgan fingerprint density at radius 1 is 0.464 bits per heavy atom. The van der Waals surface area contributed by atoms with Crippen molar-refractivity contribution in [3.63, 3.8) is 0 Å². The van der Waals surface area contributed by atoms with Crippen LogP contribution >= 0.6 is 7.26 Å². The van der Waals surface area contributed by atoms with Crippen LogP contribution in [0.1, 0.15) is 17.9 Å². The fourth-order valence-corrected chi connectivity index (χ4v) is 9.90. The summed E-state index contributed by atoms with van der Waals surface area (Å²) >= 11 is 0. The summed E-state index contributed by atoms with van der Waals surface area (Å²) in [5.41, 5.74) is 2.14. The summed E-state index contributed by atoms with van der Waals surface area (Å²) in [5.74, 6) is 0.634. The molecule has 0 aromatic heterocycles. The van der Waals surface area contributed by atoms with Gasteiger partial charge in [0.1, 0.15) is 23.2 Å². The molecule has 0 radical (unpaired) electrons. The third-order valence-electron chi connectivity index (χ3n) is 5.97. The summed E-state index contributed by atoms with van der Waals surface area (Å²) in [6.07, 6.45) is 1.26. The van der Waals surface area contributed by atoms with Crippen molar-refractivity contribution in [1.29, 1.82) is 0 Å². The lowest BCUT2D eigenvalue weighted by Crippen LogP contribution is -2.34. The Morgan fingerprint density at radius 2 is 0.821 bits per heavy atom. The van der Waals surface area contributed by atoms with Gasteiger partial charge in [0.25, 0.3) is 0 Å². The Hall–Kier alpha value is -2.69. The minimum Gasteiger partial charge on any atom is -0.0622 e. The maximum absolute atomic E-state index is 2.36. The molecule has 1 saturated carbocycles. The SMILES string of the molecule is c1ccc(C2CC2[P+](c2ccccc2)(c2ccccc2)c2ccccc2)cc1. The van der Waals surface area contributed by atoms with Gasteiger partial charge in [0.2, 0.25) is 0 Å². The van der Waals surface area contributed by atoms with E-state index in [0.29, 0.717) is 11.6 Å². The second-order valence-corrected chi connectivity index (χ2v) is 11.2. The van der Waals surface area contributed by atoms with Crippen molar-refractivity contribution < 1.29 is 0 Å². The van der Waals surface area contributed by atoms with Gasteiger partial charge in [-0.1, -0.05) is 84.9 Å². The Kier molecular flexibility index (Phi) is 4.59. The molecule has 4 aromatic rings. The molecule has 4 aromatic carbocycles. The zero-order chi connectivity index (χ0) is 18.8. The summed E-state index contributed by atoms with van der Waals surface area (Å²) in [5, 5.41) is 4.49. The van der Waals surface area contributed by atoms with Crippen LogP contribution in [0.5, 0.6) is 0 Å². The van der Waals surface area contributed by atoms with E-state index in [1.807, 2.05) is 0 Å². The van der Waals surface area contributed by atoms with Crippen LogP contribution < -0.4 is 15.9 Å². The molecule has 0 amide bonds. The van der Waals surface area contributed by atoms with E-state index in [0.717, 1.165) is 0 Å². The normalized spacial score (nSPS) is 18.6. The number of benzene rings is 4. The van der Waals surface area contributed by atoms with E-state index in [1.165, 1.54) is 27.9 Å². The maximum atomic E-state index is 2.36. The molecule has 0 N–H and O–H groups in total. The highest BCUT2D eigenvalue weighted by Gasteiger charge is 2.63. The van der Waals surface area contributed by atoms with Crippen molar-refractivity contribution in [2.24, 2.45) is 0 Å². The number of hydrogen-bond acceptors (Lipinski definition) is 0.